The average Bonchev–Trinajstić information content (AvgIpc) is 3.08. The molecule has 0 fully saturated rings. The van der Waals surface area contributed by atoms with E-state index in [1.54, 1.807) is 11.8 Å². The molecule has 4 rings (SSSR count). The first-order chi connectivity index (χ1) is 13.0. The highest BCUT2D eigenvalue weighted by Gasteiger charge is 2.31. The SMILES string of the molecule is Cc1ccc2c(c1)SC(C(=O)NC(c1ccc3c(c1)OCCO3)C(C)C)C2. The van der Waals surface area contributed by atoms with Gasteiger partial charge < -0.3 is 14.8 Å². The van der Waals surface area contributed by atoms with E-state index in [9.17, 15) is 4.79 Å². The minimum atomic E-state index is -0.0692. The zero-order valence-electron chi connectivity index (χ0n) is 16.0. The fourth-order valence-electron chi connectivity index (χ4n) is 3.62. The summed E-state index contributed by atoms with van der Waals surface area (Å²) in [6.45, 7) is 7.48. The Morgan fingerprint density at radius 1 is 1.11 bits per heavy atom. The van der Waals surface area contributed by atoms with Crippen molar-refractivity contribution < 1.29 is 14.3 Å². The molecule has 2 aliphatic rings. The quantitative estimate of drug-likeness (QED) is 0.855. The predicted molar refractivity (Wildman–Crippen MR) is 108 cm³/mol. The zero-order chi connectivity index (χ0) is 19.0. The van der Waals surface area contributed by atoms with Crippen molar-refractivity contribution >= 4 is 17.7 Å². The molecule has 0 aromatic heterocycles. The van der Waals surface area contributed by atoms with Crippen LogP contribution in [0.2, 0.25) is 0 Å². The molecule has 0 saturated heterocycles. The summed E-state index contributed by atoms with van der Waals surface area (Å²) in [5, 5.41) is 3.21. The summed E-state index contributed by atoms with van der Waals surface area (Å²) in [5.41, 5.74) is 3.56. The summed E-state index contributed by atoms with van der Waals surface area (Å²) in [7, 11) is 0. The van der Waals surface area contributed by atoms with Crippen LogP contribution in [0.4, 0.5) is 0 Å². The molecule has 0 bridgehead atoms. The van der Waals surface area contributed by atoms with Gasteiger partial charge in [0, 0.05) is 4.90 Å². The molecule has 27 heavy (non-hydrogen) atoms. The molecular weight excluding hydrogens is 358 g/mol. The van der Waals surface area contributed by atoms with Gasteiger partial charge in [0.15, 0.2) is 11.5 Å². The molecule has 1 amide bonds. The molecule has 0 aliphatic carbocycles. The van der Waals surface area contributed by atoms with Crippen LogP contribution in [0.5, 0.6) is 11.5 Å². The Labute approximate surface area is 164 Å². The zero-order valence-corrected chi connectivity index (χ0v) is 16.8. The minimum absolute atomic E-state index is 0.0561. The van der Waals surface area contributed by atoms with Crippen molar-refractivity contribution in [1.29, 1.82) is 0 Å². The molecule has 0 saturated carbocycles. The molecule has 2 unspecified atom stereocenters. The Balaban J connectivity index is 1.50. The summed E-state index contributed by atoms with van der Waals surface area (Å²) >= 11 is 1.67. The van der Waals surface area contributed by atoms with E-state index in [1.807, 2.05) is 18.2 Å². The third kappa shape index (κ3) is 3.79. The highest BCUT2D eigenvalue weighted by molar-refractivity contribution is 8.01. The second-order valence-corrected chi connectivity index (χ2v) is 8.80. The Kier molecular flexibility index (Phi) is 5.04. The smallest absolute Gasteiger partial charge is 0.234 e. The van der Waals surface area contributed by atoms with Crippen LogP contribution in [0.25, 0.3) is 0 Å². The van der Waals surface area contributed by atoms with E-state index in [-0.39, 0.29) is 23.1 Å². The molecule has 5 heteroatoms. The summed E-state index contributed by atoms with van der Waals surface area (Å²) in [6.07, 6.45) is 0.790. The van der Waals surface area contributed by atoms with Crippen LogP contribution in [0.1, 0.15) is 36.6 Å². The van der Waals surface area contributed by atoms with Gasteiger partial charge in [0.05, 0.1) is 11.3 Å². The number of ether oxygens (including phenoxy) is 2. The van der Waals surface area contributed by atoms with Crippen molar-refractivity contribution in [3.8, 4) is 11.5 Å². The normalized spacial score (nSPS) is 18.9. The van der Waals surface area contributed by atoms with Gasteiger partial charge in [-0.3, -0.25) is 4.79 Å². The van der Waals surface area contributed by atoms with Gasteiger partial charge >= 0.3 is 0 Å². The van der Waals surface area contributed by atoms with E-state index in [0.29, 0.717) is 13.2 Å². The third-order valence-electron chi connectivity index (χ3n) is 5.08. The molecule has 0 radical (unpaired) electrons. The van der Waals surface area contributed by atoms with E-state index < -0.39 is 0 Å². The lowest BCUT2D eigenvalue weighted by molar-refractivity contribution is -0.121. The topological polar surface area (TPSA) is 47.6 Å². The van der Waals surface area contributed by atoms with Gasteiger partial charge in [0.25, 0.3) is 0 Å². The fraction of sp³-hybridized carbons (Fsp3) is 0.409. The molecule has 2 aromatic rings. The number of rotatable bonds is 4. The Hall–Kier alpha value is -2.14. The van der Waals surface area contributed by atoms with Crippen LogP contribution < -0.4 is 14.8 Å². The molecule has 2 aromatic carbocycles. The number of carbonyl (C=O) groups is 1. The highest BCUT2D eigenvalue weighted by Crippen LogP contribution is 2.39. The van der Waals surface area contributed by atoms with Crippen LogP contribution in [0.3, 0.4) is 0 Å². The maximum atomic E-state index is 13.0. The predicted octanol–water partition coefficient (Wildman–Crippen LogP) is 4.30. The Morgan fingerprint density at radius 3 is 2.67 bits per heavy atom. The monoisotopic (exact) mass is 383 g/mol. The van der Waals surface area contributed by atoms with Crippen molar-refractivity contribution in [2.75, 3.05) is 13.2 Å². The first kappa shape index (κ1) is 18.2. The van der Waals surface area contributed by atoms with Gasteiger partial charge in [-0.2, -0.15) is 0 Å². The highest BCUT2D eigenvalue weighted by atomic mass is 32.2. The number of thioether (sulfide) groups is 1. The number of hydrogen-bond donors (Lipinski definition) is 1. The van der Waals surface area contributed by atoms with Crippen molar-refractivity contribution in [2.24, 2.45) is 5.92 Å². The third-order valence-corrected chi connectivity index (χ3v) is 6.38. The molecular formula is C22H25NO3S. The first-order valence-corrected chi connectivity index (χ1v) is 10.4. The number of nitrogens with one attached hydrogen (secondary N) is 1. The molecule has 0 spiro atoms. The van der Waals surface area contributed by atoms with Crippen molar-refractivity contribution in [1.82, 2.24) is 5.32 Å². The van der Waals surface area contributed by atoms with Crippen LogP contribution in [-0.2, 0) is 11.2 Å². The number of fused-ring (bicyclic) bond motifs is 2. The average molecular weight is 384 g/mol. The van der Waals surface area contributed by atoms with E-state index >= 15 is 0 Å². The van der Waals surface area contributed by atoms with E-state index in [2.05, 4.69) is 44.3 Å². The molecule has 1 N–H and O–H groups in total. The van der Waals surface area contributed by atoms with Crippen molar-refractivity contribution in [2.45, 2.75) is 43.4 Å². The summed E-state index contributed by atoms with van der Waals surface area (Å²) in [5.74, 6) is 1.91. The molecule has 142 valence electrons. The van der Waals surface area contributed by atoms with E-state index in [1.165, 1.54) is 16.0 Å². The van der Waals surface area contributed by atoms with Crippen LogP contribution in [0, 0.1) is 12.8 Å². The van der Waals surface area contributed by atoms with Crippen LogP contribution >= 0.6 is 11.8 Å². The molecule has 2 atom stereocenters. The molecule has 2 heterocycles. The molecule has 2 aliphatic heterocycles. The minimum Gasteiger partial charge on any atom is -0.486 e. The lowest BCUT2D eigenvalue weighted by atomic mass is 9.95. The largest absolute Gasteiger partial charge is 0.486 e. The van der Waals surface area contributed by atoms with Gasteiger partial charge in [-0.1, -0.05) is 37.6 Å². The lowest BCUT2D eigenvalue weighted by Gasteiger charge is -2.26. The summed E-state index contributed by atoms with van der Waals surface area (Å²) in [6, 6.07) is 12.3. The van der Waals surface area contributed by atoms with Gasteiger partial charge in [0.1, 0.15) is 13.2 Å². The van der Waals surface area contributed by atoms with Gasteiger partial charge in [-0.25, -0.2) is 0 Å². The maximum absolute atomic E-state index is 13.0. The number of benzene rings is 2. The number of amides is 1. The van der Waals surface area contributed by atoms with Gasteiger partial charge in [0.2, 0.25) is 5.91 Å². The Bertz CT molecular complexity index is 865. The first-order valence-electron chi connectivity index (χ1n) is 9.47. The van der Waals surface area contributed by atoms with E-state index in [4.69, 9.17) is 9.47 Å². The van der Waals surface area contributed by atoms with Crippen LogP contribution in [0.15, 0.2) is 41.3 Å². The van der Waals surface area contributed by atoms with Gasteiger partial charge in [-0.15, -0.1) is 11.8 Å². The second-order valence-electron chi connectivity index (χ2n) is 7.56. The second kappa shape index (κ2) is 7.47. The number of hydrogen-bond acceptors (Lipinski definition) is 4. The summed E-state index contributed by atoms with van der Waals surface area (Å²) < 4.78 is 11.3. The fourth-order valence-corrected chi connectivity index (χ4v) is 4.92. The van der Waals surface area contributed by atoms with Crippen molar-refractivity contribution in [3.05, 3.63) is 53.1 Å². The van der Waals surface area contributed by atoms with Crippen LogP contribution in [-0.4, -0.2) is 24.4 Å². The summed E-state index contributed by atoms with van der Waals surface area (Å²) in [4.78, 5) is 14.2. The molecule has 4 nitrogen and oxygen atoms in total. The maximum Gasteiger partial charge on any atom is 0.234 e. The number of carbonyl (C=O) groups excluding carboxylic acids is 1. The Morgan fingerprint density at radius 2 is 1.89 bits per heavy atom. The van der Waals surface area contributed by atoms with Gasteiger partial charge in [-0.05, 0) is 48.6 Å². The standard InChI is InChI=1S/C22H25NO3S/c1-13(2)21(16-6-7-17-18(11-16)26-9-8-25-17)23-22(24)20-12-15-5-4-14(3)10-19(15)27-20/h4-7,10-11,13,20-21H,8-9,12H2,1-3H3,(H,23,24). The van der Waals surface area contributed by atoms with Crippen molar-refractivity contribution in [3.63, 3.8) is 0 Å². The number of aryl methyl sites for hydroxylation is 1. The lowest BCUT2D eigenvalue weighted by Crippen LogP contribution is -2.37. The van der Waals surface area contributed by atoms with E-state index in [0.717, 1.165) is 23.5 Å².